The molecule has 0 heteroatoms. The van der Waals surface area contributed by atoms with E-state index in [1.54, 1.807) is 0 Å². The summed E-state index contributed by atoms with van der Waals surface area (Å²) in [6.07, 6.45) is 16.0. The monoisotopic (exact) mass is 366 g/mol. The molecule has 0 spiro atoms. The molecular formula is C26H54. The smallest absolute Gasteiger partial charge is 0.0380 e. The molecular weight excluding hydrogens is 312 g/mol. The molecule has 0 amide bonds. The zero-order chi connectivity index (χ0) is 20.4. The predicted octanol–water partition coefficient (Wildman–Crippen LogP) is 9.67. The van der Waals surface area contributed by atoms with Crippen molar-refractivity contribution in [2.45, 2.75) is 140 Å². The van der Waals surface area contributed by atoms with Crippen LogP contribution in [0, 0.1) is 28.1 Å². The van der Waals surface area contributed by atoms with Gasteiger partial charge in [-0.1, -0.05) is 121 Å². The summed E-state index contributed by atoms with van der Waals surface area (Å²) in [5.74, 6) is 1.95. The Morgan fingerprint density at radius 2 is 1.19 bits per heavy atom. The van der Waals surface area contributed by atoms with Crippen LogP contribution in [0.4, 0.5) is 0 Å². The second-order valence-electron chi connectivity index (χ2n) is 12.9. The second-order valence-corrected chi connectivity index (χ2v) is 12.9. The van der Waals surface area contributed by atoms with Crippen molar-refractivity contribution in [2.75, 3.05) is 0 Å². The fourth-order valence-electron chi connectivity index (χ4n) is 4.22. The van der Waals surface area contributed by atoms with Crippen LogP contribution >= 0.6 is 0 Å². The molecule has 0 saturated heterocycles. The molecule has 158 valence electrons. The first kappa shape index (κ1) is 26.0. The molecule has 1 aliphatic carbocycles. The summed E-state index contributed by atoms with van der Waals surface area (Å²) in [5.41, 5.74) is 1.55. The summed E-state index contributed by atoms with van der Waals surface area (Å²) in [6.45, 7) is 23.4. The first-order chi connectivity index (χ1) is 11.7. The van der Waals surface area contributed by atoms with Gasteiger partial charge in [0.15, 0.2) is 0 Å². The maximum Gasteiger partial charge on any atom is -0.0380 e. The lowest BCUT2D eigenvalue weighted by molar-refractivity contribution is 0.260. The number of hydrogen-bond acceptors (Lipinski definition) is 0. The largest absolute Gasteiger partial charge is 0.0625 e. The van der Waals surface area contributed by atoms with Gasteiger partial charge < -0.3 is 0 Å². The highest BCUT2D eigenvalue weighted by molar-refractivity contribution is 4.70. The Hall–Kier alpha value is 0. The Labute approximate surface area is 168 Å². The molecule has 0 aromatic carbocycles. The molecule has 1 atom stereocenters. The third-order valence-electron chi connectivity index (χ3n) is 5.61. The van der Waals surface area contributed by atoms with Crippen LogP contribution < -0.4 is 0 Å². The van der Waals surface area contributed by atoms with Gasteiger partial charge in [0.1, 0.15) is 0 Å². The summed E-state index contributed by atoms with van der Waals surface area (Å²) in [7, 11) is 0. The Kier molecular flexibility index (Phi) is 11.8. The van der Waals surface area contributed by atoms with Crippen LogP contribution in [0.1, 0.15) is 140 Å². The Morgan fingerprint density at radius 3 is 1.62 bits per heavy atom. The summed E-state index contributed by atoms with van der Waals surface area (Å²) in [4.78, 5) is 0. The first-order valence-corrected chi connectivity index (χ1v) is 11.7. The van der Waals surface area contributed by atoms with Gasteiger partial charge in [0.05, 0.1) is 0 Å². The van der Waals surface area contributed by atoms with E-state index in [4.69, 9.17) is 0 Å². The average Bonchev–Trinajstić information content (AvgIpc) is 2.43. The van der Waals surface area contributed by atoms with E-state index < -0.39 is 0 Å². The Balaban J connectivity index is 0.000000481. The molecule has 0 aliphatic heterocycles. The maximum absolute atomic E-state index is 2.39. The van der Waals surface area contributed by atoms with Gasteiger partial charge in [-0.2, -0.15) is 0 Å². The normalized spacial score (nSPS) is 18.2. The molecule has 1 fully saturated rings. The van der Waals surface area contributed by atoms with E-state index in [0.717, 1.165) is 11.8 Å². The van der Waals surface area contributed by atoms with Crippen molar-refractivity contribution in [3.8, 4) is 0 Å². The van der Waals surface area contributed by atoms with E-state index in [1.807, 2.05) is 0 Å². The highest BCUT2D eigenvalue weighted by atomic mass is 14.2. The van der Waals surface area contributed by atoms with Crippen molar-refractivity contribution in [2.24, 2.45) is 28.1 Å². The Bertz CT molecular complexity index is 325. The fraction of sp³-hybridized carbons (Fsp3) is 1.00. The SMILES string of the molecule is CC(C)(C)CCCC1CCCCC1.CC(CCC(C)(C)C)CC(C)(C)C. The van der Waals surface area contributed by atoms with Gasteiger partial charge in [0.2, 0.25) is 0 Å². The topological polar surface area (TPSA) is 0 Å². The van der Waals surface area contributed by atoms with E-state index >= 15 is 0 Å². The minimum Gasteiger partial charge on any atom is -0.0625 e. The quantitative estimate of drug-likeness (QED) is 0.439. The summed E-state index contributed by atoms with van der Waals surface area (Å²) in [6, 6.07) is 0. The third-order valence-corrected chi connectivity index (χ3v) is 5.61. The van der Waals surface area contributed by atoms with E-state index in [9.17, 15) is 0 Å². The van der Waals surface area contributed by atoms with Gasteiger partial charge in [0.25, 0.3) is 0 Å². The van der Waals surface area contributed by atoms with Crippen molar-refractivity contribution in [3.63, 3.8) is 0 Å². The molecule has 0 aromatic heterocycles. The number of rotatable bonds is 6. The molecule has 0 bridgehead atoms. The van der Waals surface area contributed by atoms with Gasteiger partial charge in [0, 0.05) is 0 Å². The lowest BCUT2D eigenvalue weighted by Gasteiger charge is -2.26. The maximum atomic E-state index is 2.39. The molecule has 0 radical (unpaired) electrons. The summed E-state index contributed by atoms with van der Waals surface area (Å²) >= 11 is 0. The zero-order valence-electron chi connectivity index (χ0n) is 20.4. The third kappa shape index (κ3) is 18.8. The van der Waals surface area contributed by atoms with Crippen LogP contribution in [0.3, 0.4) is 0 Å². The van der Waals surface area contributed by atoms with Crippen molar-refractivity contribution >= 4 is 0 Å². The molecule has 1 saturated carbocycles. The van der Waals surface area contributed by atoms with Gasteiger partial charge in [-0.15, -0.1) is 0 Å². The molecule has 0 aromatic rings. The molecule has 0 heterocycles. The molecule has 0 nitrogen and oxygen atoms in total. The van der Waals surface area contributed by atoms with Crippen molar-refractivity contribution in [3.05, 3.63) is 0 Å². The standard InChI is InChI=1S/C13H26.C13H28/c1-13(2,3)11-7-10-12-8-5-4-6-9-12;1-11(10-13(5,6)7)8-9-12(2,3)4/h12H,4-11H2,1-3H3;11H,8-10H2,1-7H3. The molecule has 1 rings (SSSR count). The van der Waals surface area contributed by atoms with Gasteiger partial charge in [-0.25, -0.2) is 0 Å². The van der Waals surface area contributed by atoms with E-state index in [-0.39, 0.29) is 0 Å². The highest BCUT2D eigenvalue weighted by Crippen LogP contribution is 2.31. The first-order valence-electron chi connectivity index (χ1n) is 11.7. The van der Waals surface area contributed by atoms with Crippen LogP contribution in [-0.2, 0) is 0 Å². The van der Waals surface area contributed by atoms with E-state index in [2.05, 4.69) is 69.2 Å². The van der Waals surface area contributed by atoms with Crippen molar-refractivity contribution in [1.82, 2.24) is 0 Å². The van der Waals surface area contributed by atoms with E-state index in [1.165, 1.54) is 70.6 Å². The molecule has 0 N–H and O–H groups in total. The zero-order valence-corrected chi connectivity index (χ0v) is 20.4. The van der Waals surface area contributed by atoms with Gasteiger partial charge in [-0.05, 0) is 47.3 Å². The van der Waals surface area contributed by atoms with Crippen LogP contribution in [0.5, 0.6) is 0 Å². The average molecular weight is 367 g/mol. The van der Waals surface area contributed by atoms with Gasteiger partial charge in [-0.3, -0.25) is 0 Å². The molecule has 26 heavy (non-hydrogen) atoms. The predicted molar refractivity (Wildman–Crippen MR) is 122 cm³/mol. The van der Waals surface area contributed by atoms with Crippen molar-refractivity contribution < 1.29 is 0 Å². The van der Waals surface area contributed by atoms with Crippen LogP contribution in [0.25, 0.3) is 0 Å². The second kappa shape index (κ2) is 11.8. The van der Waals surface area contributed by atoms with Crippen molar-refractivity contribution in [1.29, 1.82) is 0 Å². The minimum absolute atomic E-state index is 0.497. The van der Waals surface area contributed by atoms with Gasteiger partial charge >= 0.3 is 0 Å². The molecule has 1 unspecified atom stereocenters. The van der Waals surface area contributed by atoms with E-state index in [0.29, 0.717) is 16.2 Å². The lowest BCUT2D eigenvalue weighted by atomic mass is 9.80. The lowest BCUT2D eigenvalue weighted by Crippen LogP contribution is -2.13. The summed E-state index contributed by atoms with van der Waals surface area (Å²) < 4.78 is 0. The van der Waals surface area contributed by atoms with Crippen LogP contribution in [-0.4, -0.2) is 0 Å². The highest BCUT2D eigenvalue weighted by Gasteiger charge is 2.18. The Morgan fingerprint density at radius 1 is 0.692 bits per heavy atom. The number of hydrogen-bond donors (Lipinski definition) is 0. The molecule has 1 aliphatic rings. The minimum atomic E-state index is 0.497. The van der Waals surface area contributed by atoms with Crippen LogP contribution in [0.2, 0.25) is 0 Å². The fourth-order valence-corrected chi connectivity index (χ4v) is 4.22. The summed E-state index contributed by atoms with van der Waals surface area (Å²) in [5, 5.41) is 0. The van der Waals surface area contributed by atoms with Crippen LogP contribution in [0.15, 0.2) is 0 Å².